The van der Waals surface area contributed by atoms with E-state index in [4.69, 9.17) is 4.98 Å². The second-order valence-electron chi connectivity index (χ2n) is 6.40. The summed E-state index contributed by atoms with van der Waals surface area (Å²) in [6.45, 7) is 9.99. The van der Waals surface area contributed by atoms with Gasteiger partial charge in [0.15, 0.2) is 0 Å². The van der Waals surface area contributed by atoms with E-state index in [1.54, 1.807) is 0 Å². The molecule has 0 radical (unpaired) electrons. The Morgan fingerprint density at radius 3 is 2.48 bits per heavy atom. The van der Waals surface area contributed by atoms with Gasteiger partial charge in [0.05, 0.1) is 0 Å². The predicted octanol–water partition coefficient (Wildman–Crippen LogP) is 4.10. The summed E-state index contributed by atoms with van der Waals surface area (Å²) in [6.07, 6.45) is 5.67. The van der Waals surface area contributed by atoms with E-state index in [0.29, 0.717) is 12.0 Å². The quantitative estimate of drug-likeness (QED) is 0.794. The van der Waals surface area contributed by atoms with Gasteiger partial charge in [0.25, 0.3) is 0 Å². The van der Waals surface area contributed by atoms with E-state index in [1.807, 2.05) is 0 Å². The topological polar surface area (TPSA) is 49.8 Å². The average molecular weight is 290 g/mol. The fourth-order valence-corrected chi connectivity index (χ4v) is 3.01. The maximum Gasteiger partial charge on any atom is 0.133 e. The molecule has 0 spiro atoms. The summed E-state index contributed by atoms with van der Waals surface area (Å²) in [6, 6.07) is 2.60. The van der Waals surface area contributed by atoms with Crippen molar-refractivity contribution in [3.8, 4) is 0 Å². The molecule has 1 aromatic heterocycles. The molecule has 1 aliphatic carbocycles. The van der Waals surface area contributed by atoms with E-state index in [9.17, 15) is 0 Å². The van der Waals surface area contributed by atoms with Crippen LogP contribution in [0.5, 0.6) is 0 Å². The van der Waals surface area contributed by atoms with Gasteiger partial charge in [-0.3, -0.25) is 0 Å². The molecule has 3 atom stereocenters. The number of hydrogen-bond donors (Lipinski definition) is 2. The first-order chi connectivity index (χ1) is 10.1. The molecule has 0 aromatic carbocycles. The van der Waals surface area contributed by atoms with Crippen LogP contribution in [-0.2, 0) is 6.42 Å². The lowest BCUT2D eigenvalue weighted by Crippen LogP contribution is -2.25. The van der Waals surface area contributed by atoms with Crippen molar-refractivity contribution in [1.29, 1.82) is 0 Å². The molecule has 0 amide bonds. The van der Waals surface area contributed by atoms with Crippen molar-refractivity contribution < 1.29 is 0 Å². The molecule has 21 heavy (non-hydrogen) atoms. The Balaban J connectivity index is 2.11. The summed E-state index contributed by atoms with van der Waals surface area (Å²) in [5, 5.41) is 7.03. The van der Waals surface area contributed by atoms with Crippen LogP contribution in [0.15, 0.2) is 6.07 Å². The molecule has 2 rings (SSSR count). The highest BCUT2D eigenvalue weighted by Crippen LogP contribution is 2.33. The van der Waals surface area contributed by atoms with Crippen LogP contribution in [-0.4, -0.2) is 22.6 Å². The lowest BCUT2D eigenvalue weighted by molar-refractivity contribution is 0.435. The lowest BCUT2D eigenvalue weighted by atomic mass is 9.98. The highest BCUT2D eigenvalue weighted by Gasteiger charge is 2.29. The van der Waals surface area contributed by atoms with Gasteiger partial charge in [0.2, 0.25) is 0 Å². The van der Waals surface area contributed by atoms with Crippen molar-refractivity contribution in [1.82, 2.24) is 9.97 Å². The van der Waals surface area contributed by atoms with Crippen LogP contribution < -0.4 is 10.6 Å². The minimum absolute atomic E-state index is 0.545. The zero-order chi connectivity index (χ0) is 15.2. The number of anilines is 2. The fourth-order valence-electron chi connectivity index (χ4n) is 3.01. The monoisotopic (exact) mass is 290 g/mol. The van der Waals surface area contributed by atoms with Gasteiger partial charge < -0.3 is 10.6 Å². The Labute approximate surface area is 129 Å². The second kappa shape index (κ2) is 7.62. The number of aryl methyl sites for hydroxylation is 1. The third-order valence-corrected chi connectivity index (χ3v) is 4.60. The molecular formula is C17H30N4. The van der Waals surface area contributed by atoms with Crippen LogP contribution in [0.25, 0.3) is 0 Å². The molecule has 4 nitrogen and oxygen atoms in total. The van der Waals surface area contributed by atoms with Crippen molar-refractivity contribution in [2.45, 2.75) is 65.8 Å². The largest absolute Gasteiger partial charge is 0.370 e. The fraction of sp³-hybridized carbons (Fsp3) is 0.765. The maximum absolute atomic E-state index is 4.69. The minimum Gasteiger partial charge on any atom is -0.370 e. The third kappa shape index (κ3) is 4.32. The minimum atomic E-state index is 0.545. The maximum atomic E-state index is 4.69. The summed E-state index contributed by atoms with van der Waals surface area (Å²) in [5.74, 6) is 4.40. The summed E-state index contributed by atoms with van der Waals surface area (Å²) in [7, 11) is 0. The lowest BCUT2D eigenvalue weighted by Gasteiger charge is -2.21. The van der Waals surface area contributed by atoms with Crippen molar-refractivity contribution in [2.75, 3.05) is 17.2 Å². The van der Waals surface area contributed by atoms with E-state index in [0.717, 1.165) is 49.2 Å². The zero-order valence-electron chi connectivity index (χ0n) is 13.9. The molecule has 1 fully saturated rings. The first-order valence-corrected chi connectivity index (χ1v) is 8.52. The molecule has 1 heterocycles. The number of hydrogen-bond acceptors (Lipinski definition) is 4. The summed E-state index contributed by atoms with van der Waals surface area (Å²) < 4.78 is 0. The Kier molecular flexibility index (Phi) is 5.83. The van der Waals surface area contributed by atoms with Gasteiger partial charge in [0.1, 0.15) is 17.5 Å². The van der Waals surface area contributed by atoms with Crippen LogP contribution in [0.2, 0.25) is 0 Å². The van der Waals surface area contributed by atoms with Gasteiger partial charge in [-0.05, 0) is 37.5 Å². The van der Waals surface area contributed by atoms with Crippen LogP contribution in [0, 0.1) is 11.8 Å². The number of aromatic nitrogens is 2. The zero-order valence-corrected chi connectivity index (χ0v) is 13.9. The average Bonchev–Trinajstić information content (AvgIpc) is 2.77. The molecule has 3 unspecified atom stereocenters. The van der Waals surface area contributed by atoms with Crippen LogP contribution >= 0.6 is 0 Å². The molecule has 2 N–H and O–H groups in total. The summed E-state index contributed by atoms with van der Waals surface area (Å²) in [5.41, 5.74) is 0. The van der Waals surface area contributed by atoms with Crippen molar-refractivity contribution >= 4 is 11.6 Å². The van der Waals surface area contributed by atoms with E-state index in [2.05, 4.69) is 49.4 Å². The smallest absolute Gasteiger partial charge is 0.133 e. The van der Waals surface area contributed by atoms with E-state index in [-0.39, 0.29) is 0 Å². The van der Waals surface area contributed by atoms with Crippen LogP contribution in [0.4, 0.5) is 11.6 Å². The van der Waals surface area contributed by atoms with Gasteiger partial charge in [-0.25, -0.2) is 9.97 Å². The molecule has 0 bridgehead atoms. The molecule has 4 heteroatoms. The Hall–Kier alpha value is -1.32. The van der Waals surface area contributed by atoms with Crippen molar-refractivity contribution in [2.24, 2.45) is 11.8 Å². The molecule has 1 saturated carbocycles. The molecule has 0 saturated heterocycles. The molecular weight excluding hydrogens is 260 g/mol. The Bertz CT molecular complexity index is 446. The number of rotatable bonds is 7. The van der Waals surface area contributed by atoms with Gasteiger partial charge >= 0.3 is 0 Å². The van der Waals surface area contributed by atoms with E-state index >= 15 is 0 Å². The number of nitrogens with one attached hydrogen (secondary N) is 2. The van der Waals surface area contributed by atoms with E-state index in [1.165, 1.54) is 12.8 Å². The van der Waals surface area contributed by atoms with Gasteiger partial charge in [-0.2, -0.15) is 0 Å². The Morgan fingerprint density at radius 2 is 1.86 bits per heavy atom. The van der Waals surface area contributed by atoms with Crippen molar-refractivity contribution in [3.63, 3.8) is 0 Å². The highest BCUT2D eigenvalue weighted by molar-refractivity contribution is 5.48. The van der Waals surface area contributed by atoms with E-state index < -0.39 is 0 Å². The Morgan fingerprint density at radius 1 is 1.10 bits per heavy atom. The van der Waals surface area contributed by atoms with Gasteiger partial charge in [0, 0.05) is 25.1 Å². The molecule has 1 aromatic rings. The van der Waals surface area contributed by atoms with Crippen LogP contribution in [0.1, 0.15) is 59.2 Å². The predicted molar refractivity (Wildman–Crippen MR) is 89.8 cm³/mol. The molecule has 0 aliphatic heterocycles. The van der Waals surface area contributed by atoms with Gasteiger partial charge in [-0.15, -0.1) is 0 Å². The SMILES string of the molecule is CCCNc1cc(NC2CCC(C)C2C)nc(CCC)n1. The second-order valence-corrected chi connectivity index (χ2v) is 6.40. The van der Waals surface area contributed by atoms with Crippen molar-refractivity contribution in [3.05, 3.63) is 11.9 Å². The highest BCUT2D eigenvalue weighted by atomic mass is 15.1. The normalized spacial score (nSPS) is 25.0. The molecule has 1 aliphatic rings. The molecule has 118 valence electrons. The third-order valence-electron chi connectivity index (χ3n) is 4.60. The standard InChI is InChI=1S/C17H30N4/c1-5-7-15-20-16(18-10-6-2)11-17(21-15)19-14-9-8-12(3)13(14)4/h11-14H,5-10H2,1-4H3,(H2,18,19,20,21). The number of nitrogens with zero attached hydrogens (tertiary/aromatic N) is 2. The van der Waals surface area contributed by atoms with Crippen LogP contribution in [0.3, 0.4) is 0 Å². The first kappa shape index (κ1) is 16.1. The summed E-state index contributed by atoms with van der Waals surface area (Å²) >= 11 is 0. The first-order valence-electron chi connectivity index (χ1n) is 8.52. The van der Waals surface area contributed by atoms with Gasteiger partial charge in [-0.1, -0.05) is 27.7 Å². The summed E-state index contributed by atoms with van der Waals surface area (Å²) in [4.78, 5) is 9.30.